The number of carbonyl (C=O) groups is 1. The van der Waals surface area contributed by atoms with Gasteiger partial charge in [-0.1, -0.05) is 0 Å². The van der Waals surface area contributed by atoms with Crippen LogP contribution >= 0.6 is 67.8 Å². The second kappa shape index (κ2) is 7.88. The first kappa shape index (κ1) is 17.2. The summed E-state index contributed by atoms with van der Waals surface area (Å²) < 4.78 is 3.26. The number of hydrogen-bond donors (Lipinski definition) is 2. The van der Waals surface area contributed by atoms with Gasteiger partial charge in [0.15, 0.2) is 0 Å². The van der Waals surface area contributed by atoms with E-state index in [-0.39, 0.29) is 12.0 Å². The zero-order chi connectivity index (χ0) is 14.7. The number of amides is 1. The molecule has 2 rings (SSSR count). The number of aliphatic hydroxyl groups is 1. The molecule has 1 amide bonds. The van der Waals surface area contributed by atoms with E-state index in [0.717, 1.165) is 35.8 Å². The maximum Gasteiger partial charge on any atom is 0.238 e. The second-order valence-electron chi connectivity index (χ2n) is 4.82. The SMILES string of the molecule is O=C(CN1CCCC(O)C1)Nc1c(I)cc(I)cc1I. The van der Waals surface area contributed by atoms with Crippen LogP contribution in [0.4, 0.5) is 5.69 Å². The van der Waals surface area contributed by atoms with Crippen LogP contribution in [0.1, 0.15) is 12.8 Å². The molecule has 1 unspecified atom stereocenters. The molecule has 110 valence electrons. The standard InChI is InChI=1S/C13H15I3N2O2/c14-8-4-10(15)13(11(16)5-8)17-12(20)7-18-3-1-2-9(19)6-18/h4-5,9,19H,1-3,6-7H2,(H,17,20). The number of anilines is 1. The van der Waals surface area contributed by atoms with E-state index in [2.05, 4.69) is 73.1 Å². The van der Waals surface area contributed by atoms with Crippen molar-refractivity contribution in [2.75, 3.05) is 25.0 Å². The Morgan fingerprint density at radius 1 is 1.35 bits per heavy atom. The molecule has 20 heavy (non-hydrogen) atoms. The van der Waals surface area contributed by atoms with Crippen LogP contribution in [0, 0.1) is 10.7 Å². The third kappa shape index (κ3) is 4.92. The van der Waals surface area contributed by atoms with E-state index < -0.39 is 0 Å². The summed E-state index contributed by atoms with van der Waals surface area (Å²) in [4.78, 5) is 14.1. The molecule has 4 nitrogen and oxygen atoms in total. The summed E-state index contributed by atoms with van der Waals surface area (Å²) in [6, 6.07) is 4.09. The van der Waals surface area contributed by atoms with Crippen LogP contribution in [-0.2, 0) is 4.79 Å². The van der Waals surface area contributed by atoms with Crippen LogP contribution in [0.25, 0.3) is 0 Å². The number of piperidine rings is 1. The molecule has 1 aromatic carbocycles. The Bertz CT molecular complexity index is 487. The fraction of sp³-hybridized carbons (Fsp3) is 0.462. The Morgan fingerprint density at radius 2 is 2.00 bits per heavy atom. The van der Waals surface area contributed by atoms with Crippen molar-refractivity contribution in [1.82, 2.24) is 4.90 Å². The monoisotopic (exact) mass is 612 g/mol. The van der Waals surface area contributed by atoms with Crippen molar-refractivity contribution in [2.45, 2.75) is 18.9 Å². The Morgan fingerprint density at radius 3 is 2.60 bits per heavy atom. The normalized spacial score (nSPS) is 19.9. The van der Waals surface area contributed by atoms with E-state index in [1.807, 2.05) is 17.0 Å². The number of rotatable bonds is 3. The number of halogens is 3. The van der Waals surface area contributed by atoms with Gasteiger partial charge in [0, 0.05) is 17.3 Å². The number of nitrogens with zero attached hydrogens (tertiary/aromatic N) is 1. The molecule has 1 aliphatic rings. The van der Waals surface area contributed by atoms with Gasteiger partial charge in [-0.2, -0.15) is 0 Å². The number of benzene rings is 1. The molecule has 0 aliphatic carbocycles. The lowest BCUT2D eigenvalue weighted by molar-refractivity contribution is -0.118. The van der Waals surface area contributed by atoms with E-state index in [4.69, 9.17) is 0 Å². The van der Waals surface area contributed by atoms with E-state index in [0.29, 0.717) is 13.1 Å². The smallest absolute Gasteiger partial charge is 0.238 e. The molecule has 1 fully saturated rings. The van der Waals surface area contributed by atoms with Gasteiger partial charge in [0.25, 0.3) is 0 Å². The van der Waals surface area contributed by atoms with Crippen molar-refractivity contribution in [3.05, 3.63) is 22.8 Å². The molecule has 0 aromatic heterocycles. The van der Waals surface area contributed by atoms with Crippen LogP contribution in [0.5, 0.6) is 0 Å². The van der Waals surface area contributed by atoms with Gasteiger partial charge in [0.1, 0.15) is 0 Å². The molecule has 0 bridgehead atoms. The van der Waals surface area contributed by atoms with E-state index in [1.54, 1.807) is 0 Å². The molecule has 0 spiro atoms. The highest BCUT2D eigenvalue weighted by molar-refractivity contribution is 14.1. The molecule has 1 saturated heterocycles. The van der Waals surface area contributed by atoms with Crippen molar-refractivity contribution in [3.63, 3.8) is 0 Å². The zero-order valence-electron chi connectivity index (χ0n) is 10.7. The molecule has 0 saturated carbocycles. The van der Waals surface area contributed by atoms with E-state index in [1.165, 1.54) is 0 Å². The van der Waals surface area contributed by atoms with Gasteiger partial charge in [0.05, 0.1) is 18.3 Å². The van der Waals surface area contributed by atoms with Crippen LogP contribution in [0.3, 0.4) is 0 Å². The van der Waals surface area contributed by atoms with Crippen molar-refractivity contribution in [3.8, 4) is 0 Å². The fourth-order valence-electron chi connectivity index (χ4n) is 2.22. The van der Waals surface area contributed by atoms with Crippen molar-refractivity contribution in [2.24, 2.45) is 0 Å². The highest BCUT2D eigenvalue weighted by atomic mass is 127. The highest BCUT2D eigenvalue weighted by Crippen LogP contribution is 2.27. The first-order valence-electron chi connectivity index (χ1n) is 6.30. The molecule has 7 heteroatoms. The zero-order valence-corrected chi connectivity index (χ0v) is 17.2. The van der Waals surface area contributed by atoms with Gasteiger partial charge in [0.2, 0.25) is 5.91 Å². The topological polar surface area (TPSA) is 52.6 Å². The summed E-state index contributed by atoms with van der Waals surface area (Å²) in [5.74, 6) is -0.0175. The van der Waals surface area contributed by atoms with Crippen LogP contribution in [-0.4, -0.2) is 41.7 Å². The van der Waals surface area contributed by atoms with Gasteiger partial charge in [-0.3, -0.25) is 9.69 Å². The van der Waals surface area contributed by atoms with Crippen LogP contribution < -0.4 is 5.32 Å². The maximum atomic E-state index is 12.1. The third-order valence-corrected chi connectivity index (χ3v) is 5.44. The number of likely N-dealkylation sites (tertiary alicyclic amines) is 1. The highest BCUT2D eigenvalue weighted by Gasteiger charge is 2.20. The van der Waals surface area contributed by atoms with E-state index >= 15 is 0 Å². The predicted octanol–water partition coefficient (Wildman–Crippen LogP) is 2.90. The molecule has 1 aliphatic heterocycles. The average molecular weight is 612 g/mol. The van der Waals surface area contributed by atoms with Gasteiger partial charge < -0.3 is 10.4 Å². The van der Waals surface area contributed by atoms with Gasteiger partial charge in [-0.05, 0) is 99.3 Å². The van der Waals surface area contributed by atoms with Crippen LogP contribution in [0.2, 0.25) is 0 Å². The third-order valence-electron chi connectivity index (χ3n) is 3.12. The largest absolute Gasteiger partial charge is 0.392 e. The maximum absolute atomic E-state index is 12.1. The first-order chi connectivity index (χ1) is 9.45. The minimum absolute atomic E-state index is 0.0175. The molecule has 2 N–H and O–H groups in total. The number of nitrogens with one attached hydrogen (secondary N) is 1. The molecule has 0 radical (unpaired) electrons. The number of β-amino-alcohol motifs (C(OH)–C–C–N with tert-alkyl or cyclic N) is 1. The van der Waals surface area contributed by atoms with Crippen LogP contribution in [0.15, 0.2) is 12.1 Å². The minimum Gasteiger partial charge on any atom is -0.392 e. The van der Waals surface area contributed by atoms with Crippen molar-refractivity contribution in [1.29, 1.82) is 0 Å². The summed E-state index contributed by atoms with van der Waals surface area (Å²) in [6.45, 7) is 1.81. The number of aliphatic hydroxyl groups excluding tert-OH is 1. The summed E-state index contributed by atoms with van der Waals surface area (Å²) in [6.07, 6.45) is 1.49. The molecule has 1 aromatic rings. The summed E-state index contributed by atoms with van der Waals surface area (Å²) in [5.41, 5.74) is 0.883. The molecule has 1 heterocycles. The summed E-state index contributed by atoms with van der Waals surface area (Å²) >= 11 is 6.75. The van der Waals surface area contributed by atoms with Crippen molar-refractivity contribution >= 4 is 79.4 Å². The van der Waals surface area contributed by atoms with Gasteiger partial charge >= 0.3 is 0 Å². The Hall–Kier alpha value is 0.800. The fourth-order valence-corrected chi connectivity index (χ4v) is 6.07. The van der Waals surface area contributed by atoms with Gasteiger partial charge in [-0.15, -0.1) is 0 Å². The second-order valence-corrected chi connectivity index (χ2v) is 8.39. The Labute approximate surface area is 159 Å². The summed E-state index contributed by atoms with van der Waals surface area (Å²) in [5, 5.41) is 12.6. The van der Waals surface area contributed by atoms with Gasteiger partial charge in [-0.25, -0.2) is 0 Å². The minimum atomic E-state index is -0.296. The Kier molecular flexibility index (Phi) is 6.76. The predicted molar refractivity (Wildman–Crippen MR) is 105 cm³/mol. The number of carbonyl (C=O) groups excluding carboxylic acids is 1. The lowest BCUT2D eigenvalue weighted by Gasteiger charge is -2.29. The quantitative estimate of drug-likeness (QED) is 0.517. The average Bonchev–Trinajstić information content (AvgIpc) is 2.33. The number of hydrogen-bond acceptors (Lipinski definition) is 3. The first-order valence-corrected chi connectivity index (χ1v) is 9.54. The molecular formula is C13H15I3N2O2. The molecule has 1 atom stereocenters. The van der Waals surface area contributed by atoms with Crippen molar-refractivity contribution < 1.29 is 9.90 Å². The lowest BCUT2D eigenvalue weighted by atomic mass is 10.1. The summed E-state index contributed by atoms with van der Waals surface area (Å²) in [7, 11) is 0. The van der Waals surface area contributed by atoms with E-state index in [9.17, 15) is 9.90 Å². The molecular weight excluding hydrogens is 597 g/mol. The lowest BCUT2D eigenvalue weighted by Crippen LogP contribution is -2.42. The Balaban J connectivity index is 1.98.